The van der Waals surface area contributed by atoms with Crippen LogP contribution in [-0.2, 0) is 11.0 Å². The number of fused-ring (bicyclic) bond motifs is 1. The quantitative estimate of drug-likeness (QED) is 0.270. The highest BCUT2D eigenvalue weighted by Gasteiger charge is 2.40. The normalized spacial score (nSPS) is 18.5. The highest BCUT2D eigenvalue weighted by molar-refractivity contribution is 7.82. The van der Waals surface area contributed by atoms with E-state index in [1.807, 2.05) is 30.0 Å². The number of rotatable bonds is 6. The van der Waals surface area contributed by atoms with Crippen molar-refractivity contribution in [2.24, 2.45) is 5.92 Å². The van der Waals surface area contributed by atoms with Crippen LogP contribution in [0, 0.1) is 30.0 Å². The summed E-state index contributed by atoms with van der Waals surface area (Å²) in [5, 5.41) is 14.3. The third-order valence-corrected chi connectivity index (χ3v) is 8.80. The van der Waals surface area contributed by atoms with Gasteiger partial charge in [-0.1, -0.05) is 6.92 Å². The second-order valence-corrected chi connectivity index (χ2v) is 11.5. The van der Waals surface area contributed by atoms with Crippen molar-refractivity contribution in [2.75, 3.05) is 26.2 Å². The maximum Gasteiger partial charge on any atom is 0.392 e. The number of aromatic nitrogens is 2. The predicted molar refractivity (Wildman–Crippen MR) is 144 cm³/mol. The predicted octanol–water partition coefficient (Wildman–Crippen LogP) is 5.92. The molecule has 3 atom stereocenters. The monoisotopic (exact) mass is 569 g/mol. The Kier molecular flexibility index (Phi) is 7.77. The molecule has 0 N–H and O–H groups in total. The fourth-order valence-corrected chi connectivity index (χ4v) is 6.24. The molecule has 0 saturated carbocycles. The third kappa shape index (κ3) is 5.66. The fraction of sp³-hybridized carbons (Fsp3) is 0.310. The molecule has 1 aliphatic heterocycles. The molecule has 1 fully saturated rings. The van der Waals surface area contributed by atoms with Crippen molar-refractivity contribution in [3.05, 3.63) is 89.4 Å². The Balaban J connectivity index is 1.50. The first-order valence-electron chi connectivity index (χ1n) is 12.8. The van der Waals surface area contributed by atoms with E-state index in [9.17, 15) is 21.8 Å². The summed E-state index contributed by atoms with van der Waals surface area (Å²) in [5.74, 6) is -1.89. The first-order valence-corrected chi connectivity index (χ1v) is 13.9. The van der Waals surface area contributed by atoms with Crippen LogP contribution in [0.3, 0.4) is 0 Å². The van der Waals surface area contributed by atoms with E-state index in [2.05, 4.69) is 5.10 Å². The SMILES string of the molecule is Cc1cc2c(cnn2-c2ccc(F)cc2)cc1C1CN(S(=O)c2ccc(C#N)cc2)CCN1CC(C)C(F)(F)F. The summed E-state index contributed by atoms with van der Waals surface area (Å²) in [6.45, 7) is 3.80. The minimum Gasteiger partial charge on any atom is -0.293 e. The Morgan fingerprint density at radius 1 is 1.10 bits per heavy atom. The van der Waals surface area contributed by atoms with Crippen LogP contribution in [0.1, 0.15) is 29.7 Å². The van der Waals surface area contributed by atoms with Gasteiger partial charge in [0.2, 0.25) is 0 Å². The minimum atomic E-state index is -4.33. The maximum absolute atomic E-state index is 13.6. The number of nitriles is 1. The molecule has 0 radical (unpaired) electrons. The molecule has 0 bridgehead atoms. The molecule has 1 aliphatic rings. The molecule has 1 saturated heterocycles. The van der Waals surface area contributed by atoms with Crippen molar-refractivity contribution in [3.8, 4) is 11.8 Å². The zero-order chi connectivity index (χ0) is 28.6. The van der Waals surface area contributed by atoms with Crippen LogP contribution in [0.15, 0.2) is 71.8 Å². The summed E-state index contributed by atoms with van der Waals surface area (Å²) >= 11 is 0. The number of piperazine rings is 1. The van der Waals surface area contributed by atoms with Gasteiger partial charge in [0.05, 0.1) is 39.8 Å². The van der Waals surface area contributed by atoms with Gasteiger partial charge in [0.25, 0.3) is 0 Å². The topological polar surface area (TPSA) is 65.2 Å². The molecule has 11 heteroatoms. The Labute approximate surface area is 232 Å². The van der Waals surface area contributed by atoms with Crippen molar-refractivity contribution >= 4 is 21.9 Å². The van der Waals surface area contributed by atoms with Crippen LogP contribution in [0.5, 0.6) is 0 Å². The lowest BCUT2D eigenvalue weighted by molar-refractivity contribution is -0.176. The van der Waals surface area contributed by atoms with Crippen LogP contribution in [-0.4, -0.2) is 55.5 Å². The largest absolute Gasteiger partial charge is 0.392 e. The molecule has 0 aliphatic carbocycles. The van der Waals surface area contributed by atoms with Crippen LogP contribution < -0.4 is 0 Å². The smallest absolute Gasteiger partial charge is 0.293 e. The molecular weight excluding hydrogens is 542 g/mol. The van der Waals surface area contributed by atoms with Gasteiger partial charge in [-0.25, -0.2) is 17.6 Å². The summed E-state index contributed by atoms with van der Waals surface area (Å²) in [6.07, 6.45) is -2.65. The van der Waals surface area contributed by atoms with Crippen LogP contribution in [0.2, 0.25) is 0 Å². The van der Waals surface area contributed by atoms with E-state index in [0.717, 1.165) is 22.0 Å². The Morgan fingerprint density at radius 2 is 1.80 bits per heavy atom. The number of aryl methyl sites for hydroxylation is 1. The summed E-state index contributed by atoms with van der Waals surface area (Å²) in [7, 11) is -1.55. The van der Waals surface area contributed by atoms with Crippen LogP contribution in [0.25, 0.3) is 16.6 Å². The van der Waals surface area contributed by atoms with E-state index >= 15 is 0 Å². The number of hydrogen-bond acceptors (Lipinski definition) is 4. The molecule has 208 valence electrons. The number of halogens is 4. The molecule has 0 amide bonds. The molecule has 3 aromatic carbocycles. The van der Waals surface area contributed by atoms with E-state index in [0.29, 0.717) is 29.2 Å². The van der Waals surface area contributed by atoms with Crippen molar-refractivity contribution in [1.29, 1.82) is 5.26 Å². The first-order chi connectivity index (χ1) is 19.0. The molecule has 6 nitrogen and oxygen atoms in total. The van der Waals surface area contributed by atoms with Crippen molar-refractivity contribution in [1.82, 2.24) is 19.0 Å². The standard InChI is InChI=1S/C29H27F4N5OS/c1-19-13-27-22(16-35-38(27)24-7-5-23(30)6-8-24)14-26(19)28-18-37(12-11-36(28)17-20(2)29(31,32)33)40(39)25-9-3-21(15-34)4-10-25/h3-10,13-14,16,20,28H,11-12,17-18H2,1-2H3. The van der Waals surface area contributed by atoms with Gasteiger partial charge in [0, 0.05) is 37.6 Å². The lowest BCUT2D eigenvalue weighted by atomic mass is 9.95. The van der Waals surface area contributed by atoms with Gasteiger partial charge in [-0.2, -0.15) is 23.5 Å². The fourth-order valence-electron chi connectivity index (χ4n) is 5.05. The molecule has 4 aromatic rings. The molecule has 2 heterocycles. The highest BCUT2D eigenvalue weighted by Crippen LogP contribution is 2.35. The second-order valence-electron chi connectivity index (χ2n) is 10.0. The molecule has 3 unspecified atom stereocenters. The zero-order valence-electron chi connectivity index (χ0n) is 21.9. The first kappa shape index (κ1) is 28.0. The molecule has 1 aromatic heterocycles. The lowest BCUT2D eigenvalue weighted by Gasteiger charge is -2.42. The average molecular weight is 570 g/mol. The Bertz CT molecular complexity index is 1580. The zero-order valence-corrected chi connectivity index (χ0v) is 22.7. The summed E-state index contributed by atoms with van der Waals surface area (Å²) in [6, 6.07) is 17.9. The summed E-state index contributed by atoms with van der Waals surface area (Å²) in [4.78, 5) is 2.35. The molecule has 40 heavy (non-hydrogen) atoms. The number of hydrogen-bond donors (Lipinski definition) is 0. The van der Waals surface area contributed by atoms with Gasteiger partial charge < -0.3 is 0 Å². The molecule has 0 spiro atoms. The lowest BCUT2D eigenvalue weighted by Crippen LogP contribution is -2.51. The average Bonchev–Trinajstić information content (AvgIpc) is 3.35. The van der Waals surface area contributed by atoms with Crippen molar-refractivity contribution < 1.29 is 21.8 Å². The van der Waals surface area contributed by atoms with Gasteiger partial charge in [-0.05, 0) is 78.7 Å². The third-order valence-electron chi connectivity index (χ3n) is 7.33. The van der Waals surface area contributed by atoms with Gasteiger partial charge in [0.1, 0.15) is 16.8 Å². The number of nitrogens with zero attached hydrogens (tertiary/aromatic N) is 5. The Morgan fingerprint density at radius 3 is 2.45 bits per heavy atom. The maximum atomic E-state index is 13.6. The van der Waals surface area contributed by atoms with E-state index < -0.39 is 29.1 Å². The number of alkyl halides is 3. The van der Waals surface area contributed by atoms with Gasteiger partial charge in [-0.15, -0.1) is 0 Å². The van der Waals surface area contributed by atoms with Gasteiger partial charge in [0.15, 0.2) is 0 Å². The minimum absolute atomic E-state index is 0.183. The van der Waals surface area contributed by atoms with E-state index in [-0.39, 0.29) is 18.9 Å². The molecular formula is C29H27F4N5OS. The van der Waals surface area contributed by atoms with Crippen molar-refractivity contribution in [3.63, 3.8) is 0 Å². The van der Waals surface area contributed by atoms with Gasteiger partial charge >= 0.3 is 6.18 Å². The molecule has 5 rings (SSSR count). The Hall–Kier alpha value is -3.59. The van der Waals surface area contributed by atoms with E-state index in [1.54, 1.807) is 51.6 Å². The van der Waals surface area contributed by atoms with Crippen LogP contribution in [0.4, 0.5) is 17.6 Å². The summed E-state index contributed by atoms with van der Waals surface area (Å²) < 4.78 is 71.0. The van der Waals surface area contributed by atoms with Crippen molar-refractivity contribution in [2.45, 2.75) is 31.0 Å². The van der Waals surface area contributed by atoms with E-state index in [1.165, 1.54) is 19.1 Å². The van der Waals surface area contributed by atoms with Gasteiger partial charge in [-0.3, -0.25) is 4.90 Å². The van der Waals surface area contributed by atoms with Crippen LogP contribution >= 0.6 is 0 Å². The highest BCUT2D eigenvalue weighted by atomic mass is 32.2. The second kappa shape index (κ2) is 11.1. The summed E-state index contributed by atoms with van der Waals surface area (Å²) in [5.41, 5.74) is 3.62. The van der Waals surface area contributed by atoms with E-state index in [4.69, 9.17) is 5.26 Å². The number of benzene rings is 3.